The third-order valence-electron chi connectivity index (χ3n) is 5.47. The molecule has 74 valence electrons. The van der Waals surface area contributed by atoms with E-state index in [0.29, 0.717) is 11.5 Å². The van der Waals surface area contributed by atoms with Crippen LogP contribution in [0.1, 0.15) is 45.4 Å². The van der Waals surface area contributed by atoms with Crippen molar-refractivity contribution in [1.29, 1.82) is 0 Å². The first-order chi connectivity index (χ1) is 6.25. The van der Waals surface area contributed by atoms with Crippen LogP contribution in [0.2, 0.25) is 0 Å². The lowest BCUT2D eigenvalue weighted by atomic mass is 9.64. The quantitative estimate of drug-likeness (QED) is 0.657. The highest BCUT2D eigenvalue weighted by atomic mass is 14.8. The third-order valence-corrected chi connectivity index (χ3v) is 5.47. The summed E-state index contributed by atoms with van der Waals surface area (Å²) < 4.78 is 0. The predicted molar refractivity (Wildman–Crippen MR) is 54.3 cm³/mol. The molecule has 3 aliphatic carbocycles. The molecule has 0 aliphatic heterocycles. The Morgan fingerprint density at radius 2 is 2.15 bits per heavy atom. The van der Waals surface area contributed by atoms with E-state index in [0.717, 1.165) is 17.8 Å². The Balaban J connectivity index is 1.99. The van der Waals surface area contributed by atoms with Gasteiger partial charge in [0.15, 0.2) is 0 Å². The van der Waals surface area contributed by atoms with Gasteiger partial charge in [0.1, 0.15) is 0 Å². The van der Waals surface area contributed by atoms with Gasteiger partial charge in [0.05, 0.1) is 0 Å². The fraction of sp³-hybridized carbons (Fsp3) is 1.00. The van der Waals surface area contributed by atoms with Crippen LogP contribution < -0.4 is 5.73 Å². The van der Waals surface area contributed by atoms with Gasteiger partial charge in [-0.3, -0.25) is 0 Å². The monoisotopic (exact) mass is 179 g/mol. The Labute approximate surface area is 81.1 Å². The molecule has 3 fully saturated rings. The molecule has 0 amide bonds. The van der Waals surface area contributed by atoms with E-state index in [1.54, 1.807) is 0 Å². The summed E-state index contributed by atoms with van der Waals surface area (Å²) in [6.07, 6.45) is 8.91. The summed E-state index contributed by atoms with van der Waals surface area (Å²) in [4.78, 5) is 0. The molecule has 0 saturated heterocycles. The van der Waals surface area contributed by atoms with E-state index in [2.05, 4.69) is 6.92 Å². The minimum atomic E-state index is 0.454. The van der Waals surface area contributed by atoms with Gasteiger partial charge in [-0.15, -0.1) is 0 Å². The Bertz CT molecular complexity index is 223. The summed E-state index contributed by atoms with van der Waals surface area (Å²) in [5.41, 5.74) is 6.86. The first kappa shape index (κ1) is 8.28. The van der Waals surface area contributed by atoms with E-state index >= 15 is 0 Å². The molecule has 3 aliphatic rings. The van der Waals surface area contributed by atoms with Crippen LogP contribution in [0.4, 0.5) is 0 Å². The second kappa shape index (κ2) is 2.50. The van der Waals surface area contributed by atoms with Crippen molar-refractivity contribution in [2.45, 2.75) is 51.5 Å². The number of nitrogens with two attached hydrogens (primary N) is 1. The largest absolute Gasteiger partial charge is 0.327 e. The minimum absolute atomic E-state index is 0.454. The number of rotatable bonds is 1. The van der Waals surface area contributed by atoms with Gasteiger partial charge in [-0.2, -0.15) is 0 Å². The van der Waals surface area contributed by atoms with Crippen LogP contribution in [0.3, 0.4) is 0 Å². The van der Waals surface area contributed by atoms with Gasteiger partial charge in [-0.25, -0.2) is 0 Å². The van der Waals surface area contributed by atoms with Crippen molar-refractivity contribution in [2.75, 3.05) is 0 Å². The molecule has 0 unspecified atom stereocenters. The lowest BCUT2D eigenvalue weighted by Crippen LogP contribution is -2.46. The molecule has 0 radical (unpaired) electrons. The number of fused-ring (bicyclic) bond motifs is 5. The smallest absolute Gasteiger partial charge is 0.00724 e. The zero-order valence-electron chi connectivity index (χ0n) is 8.63. The maximum absolute atomic E-state index is 6.26. The SMILES string of the molecule is C[C@H](N)[C@@]12CCC[C@H]1[C@@H]1CC[C@@H]2C1. The van der Waals surface area contributed by atoms with E-state index in [-0.39, 0.29) is 0 Å². The number of hydrogen-bond acceptors (Lipinski definition) is 1. The molecule has 0 aromatic rings. The average molecular weight is 179 g/mol. The van der Waals surface area contributed by atoms with E-state index in [4.69, 9.17) is 5.73 Å². The lowest BCUT2D eigenvalue weighted by molar-refractivity contribution is 0.0839. The van der Waals surface area contributed by atoms with Crippen LogP contribution in [-0.2, 0) is 0 Å². The van der Waals surface area contributed by atoms with Crippen LogP contribution in [0, 0.1) is 23.2 Å². The average Bonchev–Trinajstić information content (AvgIpc) is 2.76. The van der Waals surface area contributed by atoms with Gasteiger partial charge in [0.2, 0.25) is 0 Å². The summed E-state index contributed by atoms with van der Waals surface area (Å²) in [5.74, 6) is 3.09. The fourth-order valence-corrected chi connectivity index (χ4v) is 5.07. The molecule has 1 nitrogen and oxygen atoms in total. The van der Waals surface area contributed by atoms with Crippen molar-refractivity contribution < 1.29 is 0 Å². The zero-order chi connectivity index (χ0) is 9.05. The summed E-state index contributed by atoms with van der Waals surface area (Å²) in [6.45, 7) is 2.26. The summed E-state index contributed by atoms with van der Waals surface area (Å²) in [5, 5.41) is 0. The predicted octanol–water partition coefficient (Wildman–Crippen LogP) is 2.55. The van der Waals surface area contributed by atoms with Crippen molar-refractivity contribution in [1.82, 2.24) is 0 Å². The van der Waals surface area contributed by atoms with Gasteiger partial charge in [0.25, 0.3) is 0 Å². The van der Waals surface area contributed by atoms with Crippen molar-refractivity contribution in [2.24, 2.45) is 28.9 Å². The van der Waals surface area contributed by atoms with Crippen molar-refractivity contribution >= 4 is 0 Å². The Hall–Kier alpha value is -0.0400. The van der Waals surface area contributed by atoms with E-state index in [1.165, 1.54) is 38.5 Å². The van der Waals surface area contributed by atoms with E-state index in [9.17, 15) is 0 Å². The lowest BCUT2D eigenvalue weighted by Gasteiger charge is -2.43. The number of hydrogen-bond donors (Lipinski definition) is 1. The van der Waals surface area contributed by atoms with Crippen molar-refractivity contribution in [3.8, 4) is 0 Å². The van der Waals surface area contributed by atoms with Gasteiger partial charge in [0, 0.05) is 6.04 Å². The summed E-state index contributed by atoms with van der Waals surface area (Å²) in [7, 11) is 0. The molecule has 13 heavy (non-hydrogen) atoms. The van der Waals surface area contributed by atoms with E-state index in [1.807, 2.05) is 0 Å². The van der Waals surface area contributed by atoms with Crippen LogP contribution >= 0.6 is 0 Å². The minimum Gasteiger partial charge on any atom is -0.327 e. The summed E-state index contributed by atoms with van der Waals surface area (Å²) in [6, 6.07) is 0.454. The second-order valence-corrected chi connectivity index (χ2v) is 5.67. The van der Waals surface area contributed by atoms with Crippen LogP contribution in [0.25, 0.3) is 0 Å². The second-order valence-electron chi connectivity index (χ2n) is 5.67. The molecular weight excluding hydrogens is 158 g/mol. The standard InChI is InChI=1S/C12H21N/c1-8(13)12-6-2-3-11(12)9-4-5-10(12)7-9/h8-11H,2-7,13H2,1H3/t8-,9+,10+,11-,12+/m0/s1. The third kappa shape index (κ3) is 0.823. The molecule has 2 bridgehead atoms. The van der Waals surface area contributed by atoms with Crippen LogP contribution in [-0.4, -0.2) is 6.04 Å². The van der Waals surface area contributed by atoms with Gasteiger partial charge in [-0.1, -0.05) is 6.42 Å². The molecule has 2 N–H and O–H groups in total. The molecule has 3 rings (SSSR count). The first-order valence-electron chi connectivity index (χ1n) is 6.00. The fourth-order valence-electron chi connectivity index (χ4n) is 5.07. The molecular formula is C12H21N. The molecule has 3 saturated carbocycles. The Morgan fingerprint density at radius 1 is 1.31 bits per heavy atom. The molecule has 0 aromatic carbocycles. The highest BCUT2D eigenvalue weighted by Crippen LogP contribution is 2.67. The maximum Gasteiger partial charge on any atom is 0.00724 e. The zero-order valence-corrected chi connectivity index (χ0v) is 8.63. The molecule has 5 atom stereocenters. The molecule has 0 aromatic heterocycles. The van der Waals surface area contributed by atoms with Crippen LogP contribution in [0.5, 0.6) is 0 Å². The van der Waals surface area contributed by atoms with Crippen molar-refractivity contribution in [3.05, 3.63) is 0 Å². The van der Waals surface area contributed by atoms with Gasteiger partial charge >= 0.3 is 0 Å². The van der Waals surface area contributed by atoms with Gasteiger partial charge < -0.3 is 5.73 Å². The molecule has 1 heteroatoms. The highest BCUT2D eigenvalue weighted by molar-refractivity contribution is 5.11. The normalized spacial score (nSPS) is 55.4. The Kier molecular flexibility index (Phi) is 1.59. The summed E-state index contributed by atoms with van der Waals surface area (Å²) >= 11 is 0. The topological polar surface area (TPSA) is 26.0 Å². The molecule has 0 spiro atoms. The maximum atomic E-state index is 6.26. The van der Waals surface area contributed by atoms with Crippen molar-refractivity contribution in [3.63, 3.8) is 0 Å². The van der Waals surface area contributed by atoms with E-state index < -0.39 is 0 Å². The highest BCUT2D eigenvalue weighted by Gasteiger charge is 2.60. The first-order valence-corrected chi connectivity index (χ1v) is 6.00. The molecule has 0 heterocycles. The van der Waals surface area contributed by atoms with Gasteiger partial charge in [-0.05, 0) is 62.2 Å². The Morgan fingerprint density at radius 3 is 2.85 bits per heavy atom. The van der Waals surface area contributed by atoms with Crippen LogP contribution in [0.15, 0.2) is 0 Å².